The van der Waals surface area contributed by atoms with Crippen molar-refractivity contribution in [3.8, 4) is 0 Å². The van der Waals surface area contributed by atoms with E-state index in [0.29, 0.717) is 38.0 Å². The number of halogens is 2. The van der Waals surface area contributed by atoms with Crippen molar-refractivity contribution in [3.05, 3.63) is 30.1 Å². The molecule has 0 saturated carbocycles. The molecule has 1 unspecified atom stereocenters. The first-order chi connectivity index (χ1) is 13.4. The van der Waals surface area contributed by atoms with Crippen LogP contribution in [-0.2, 0) is 9.53 Å². The lowest BCUT2D eigenvalue weighted by molar-refractivity contribution is -0.114. The summed E-state index contributed by atoms with van der Waals surface area (Å²) in [6.07, 6.45) is 0. The third kappa shape index (κ3) is 10.2. The Kier molecular flexibility index (Phi) is 11.4. The lowest BCUT2D eigenvalue weighted by atomic mass is 10.1. The number of carbonyl (C=O) groups excluding carboxylic acids is 1. The van der Waals surface area contributed by atoms with Gasteiger partial charge in [0, 0.05) is 38.4 Å². The van der Waals surface area contributed by atoms with Crippen LogP contribution in [0.1, 0.15) is 13.8 Å². The second-order valence-corrected chi connectivity index (χ2v) is 6.99. The Balaban J connectivity index is 0.00000420. The van der Waals surface area contributed by atoms with E-state index in [-0.39, 0.29) is 43.0 Å². The predicted molar refractivity (Wildman–Crippen MR) is 122 cm³/mol. The molecule has 0 aromatic heterocycles. The Morgan fingerprint density at radius 1 is 1.34 bits per heavy atom. The van der Waals surface area contributed by atoms with Crippen LogP contribution in [0.2, 0.25) is 0 Å². The molecule has 1 aromatic rings. The van der Waals surface area contributed by atoms with Crippen LogP contribution in [-0.4, -0.2) is 80.0 Å². The Hall–Kier alpha value is -1.50. The summed E-state index contributed by atoms with van der Waals surface area (Å²) in [5, 5.41) is 19.3. The number of benzene rings is 1. The van der Waals surface area contributed by atoms with Gasteiger partial charge < -0.3 is 25.8 Å². The first-order valence-electron chi connectivity index (χ1n) is 9.48. The van der Waals surface area contributed by atoms with Gasteiger partial charge in [-0.15, -0.1) is 24.0 Å². The topological polar surface area (TPSA) is 98.2 Å². The summed E-state index contributed by atoms with van der Waals surface area (Å²) in [5.74, 6) is -0.346. The smallest absolute Gasteiger partial charge is 0.246 e. The van der Waals surface area contributed by atoms with Crippen molar-refractivity contribution < 1.29 is 19.0 Å². The molecule has 10 heteroatoms. The van der Waals surface area contributed by atoms with Gasteiger partial charge in [0.25, 0.3) is 0 Å². The van der Waals surface area contributed by atoms with E-state index in [1.54, 1.807) is 13.0 Å². The van der Waals surface area contributed by atoms with Gasteiger partial charge in [0.05, 0.1) is 18.8 Å². The largest absolute Gasteiger partial charge is 0.387 e. The van der Waals surface area contributed by atoms with E-state index in [2.05, 4.69) is 25.8 Å². The molecule has 2 rings (SSSR count). The van der Waals surface area contributed by atoms with E-state index >= 15 is 0 Å². The highest BCUT2D eigenvalue weighted by Crippen LogP contribution is 2.09. The molecule has 1 aliphatic rings. The standard InChI is InChI=1S/C19H30FN5O3.HI/c1-3-21-18(22-12-17(26)24-16-6-4-5-15(20)11-16)23-13-19(2,27)14-25-7-9-28-10-8-25;/h4-6,11,27H,3,7-10,12-14H2,1-2H3,(H,24,26)(H2,21,22,23);1H. The number of hydrogen-bond donors (Lipinski definition) is 4. The summed E-state index contributed by atoms with van der Waals surface area (Å²) < 4.78 is 18.5. The molecule has 1 aliphatic heterocycles. The second kappa shape index (κ2) is 12.9. The SMILES string of the molecule is CCNC(=NCC(=O)Nc1cccc(F)c1)NCC(C)(O)CN1CCOCC1.I. The third-order valence-electron chi connectivity index (χ3n) is 4.14. The van der Waals surface area contributed by atoms with Gasteiger partial charge in [0.1, 0.15) is 12.4 Å². The van der Waals surface area contributed by atoms with Crippen LogP contribution in [0.15, 0.2) is 29.3 Å². The van der Waals surface area contributed by atoms with E-state index in [1.807, 2.05) is 6.92 Å². The summed E-state index contributed by atoms with van der Waals surface area (Å²) in [4.78, 5) is 18.4. The summed E-state index contributed by atoms with van der Waals surface area (Å²) in [5.41, 5.74) is -0.580. The van der Waals surface area contributed by atoms with Crippen LogP contribution < -0.4 is 16.0 Å². The van der Waals surface area contributed by atoms with Gasteiger partial charge in [-0.1, -0.05) is 6.07 Å². The molecule has 1 saturated heterocycles. The monoisotopic (exact) mass is 523 g/mol. The third-order valence-corrected chi connectivity index (χ3v) is 4.14. The van der Waals surface area contributed by atoms with Gasteiger partial charge in [-0.3, -0.25) is 9.69 Å². The normalized spacial score (nSPS) is 17.0. The molecular formula is C19H31FIN5O3. The van der Waals surface area contributed by atoms with Crippen LogP contribution in [0.25, 0.3) is 0 Å². The second-order valence-electron chi connectivity index (χ2n) is 6.99. The predicted octanol–water partition coefficient (Wildman–Crippen LogP) is 1.02. The first kappa shape index (κ1) is 25.5. The molecule has 29 heavy (non-hydrogen) atoms. The van der Waals surface area contributed by atoms with Crippen molar-refractivity contribution in [1.82, 2.24) is 15.5 Å². The van der Waals surface area contributed by atoms with Gasteiger partial charge in [-0.05, 0) is 32.0 Å². The van der Waals surface area contributed by atoms with Crippen molar-refractivity contribution in [2.45, 2.75) is 19.4 Å². The van der Waals surface area contributed by atoms with Crippen LogP contribution in [0.3, 0.4) is 0 Å². The fourth-order valence-electron chi connectivity index (χ4n) is 2.83. The number of morpholine rings is 1. The fourth-order valence-corrected chi connectivity index (χ4v) is 2.83. The maximum Gasteiger partial charge on any atom is 0.246 e. The van der Waals surface area contributed by atoms with Crippen molar-refractivity contribution in [3.63, 3.8) is 0 Å². The number of β-amino-alcohol motifs (C(OH)–C–C–N with tert-alkyl or cyclic N) is 1. The zero-order chi connectivity index (χ0) is 20.4. The van der Waals surface area contributed by atoms with E-state index in [1.165, 1.54) is 18.2 Å². The first-order valence-corrected chi connectivity index (χ1v) is 9.48. The maximum atomic E-state index is 13.2. The van der Waals surface area contributed by atoms with Crippen molar-refractivity contribution in [2.24, 2.45) is 4.99 Å². The molecule has 1 atom stereocenters. The minimum absolute atomic E-state index is 0. The van der Waals surface area contributed by atoms with Crippen LogP contribution in [0.4, 0.5) is 10.1 Å². The van der Waals surface area contributed by atoms with Gasteiger partial charge in [-0.2, -0.15) is 0 Å². The molecular weight excluding hydrogens is 492 g/mol. The highest BCUT2D eigenvalue weighted by atomic mass is 127. The Bertz CT molecular complexity index is 669. The van der Waals surface area contributed by atoms with Gasteiger partial charge in [0.15, 0.2) is 5.96 Å². The molecule has 0 spiro atoms. The highest BCUT2D eigenvalue weighted by molar-refractivity contribution is 14.0. The fraction of sp³-hybridized carbons (Fsp3) is 0.579. The van der Waals surface area contributed by atoms with Gasteiger partial charge in [0.2, 0.25) is 5.91 Å². The van der Waals surface area contributed by atoms with E-state index in [4.69, 9.17) is 4.74 Å². The zero-order valence-electron chi connectivity index (χ0n) is 16.9. The minimum Gasteiger partial charge on any atom is -0.387 e. The highest BCUT2D eigenvalue weighted by Gasteiger charge is 2.25. The van der Waals surface area contributed by atoms with E-state index in [9.17, 15) is 14.3 Å². The molecule has 0 aliphatic carbocycles. The number of anilines is 1. The molecule has 4 N–H and O–H groups in total. The van der Waals surface area contributed by atoms with Crippen molar-refractivity contribution in [1.29, 1.82) is 0 Å². The van der Waals surface area contributed by atoms with Crippen molar-refractivity contribution >= 4 is 41.5 Å². The summed E-state index contributed by atoms with van der Waals surface area (Å²) >= 11 is 0. The number of aliphatic imine (C=N–C) groups is 1. The average Bonchev–Trinajstić information content (AvgIpc) is 2.64. The summed E-state index contributed by atoms with van der Waals surface area (Å²) in [6, 6.07) is 5.69. The Morgan fingerprint density at radius 2 is 2.07 bits per heavy atom. The molecule has 1 fully saturated rings. The number of rotatable bonds is 8. The molecule has 1 heterocycles. The number of nitrogens with zero attached hydrogens (tertiary/aromatic N) is 2. The van der Waals surface area contributed by atoms with Crippen LogP contribution in [0.5, 0.6) is 0 Å². The zero-order valence-corrected chi connectivity index (χ0v) is 19.2. The number of guanidine groups is 1. The molecule has 0 bridgehead atoms. The van der Waals surface area contributed by atoms with Crippen LogP contribution >= 0.6 is 24.0 Å². The lowest BCUT2D eigenvalue weighted by Gasteiger charge is -2.34. The Morgan fingerprint density at radius 3 is 2.72 bits per heavy atom. The molecule has 8 nitrogen and oxygen atoms in total. The number of aliphatic hydroxyl groups is 1. The van der Waals surface area contributed by atoms with E-state index < -0.39 is 11.4 Å². The molecule has 1 aromatic carbocycles. The van der Waals surface area contributed by atoms with Crippen molar-refractivity contribution in [2.75, 3.05) is 57.8 Å². The number of hydrogen-bond acceptors (Lipinski definition) is 5. The molecule has 164 valence electrons. The van der Waals surface area contributed by atoms with Crippen LogP contribution in [0, 0.1) is 5.82 Å². The lowest BCUT2D eigenvalue weighted by Crippen LogP contribution is -2.53. The Labute approximate surface area is 188 Å². The average molecular weight is 523 g/mol. The quantitative estimate of drug-likeness (QED) is 0.231. The number of carbonyl (C=O) groups is 1. The maximum absolute atomic E-state index is 13.2. The number of nitrogens with one attached hydrogen (secondary N) is 3. The summed E-state index contributed by atoms with van der Waals surface area (Å²) in [7, 11) is 0. The number of amides is 1. The van der Waals surface area contributed by atoms with E-state index in [0.717, 1.165) is 13.1 Å². The molecule has 0 radical (unpaired) electrons. The van der Waals surface area contributed by atoms with Gasteiger partial charge >= 0.3 is 0 Å². The van der Waals surface area contributed by atoms with Gasteiger partial charge in [-0.25, -0.2) is 9.38 Å². The molecule has 1 amide bonds. The summed E-state index contributed by atoms with van der Waals surface area (Å²) in [6.45, 7) is 7.90. The minimum atomic E-state index is -0.961. The number of ether oxygens (including phenoxy) is 1.